The van der Waals surface area contributed by atoms with E-state index in [-0.39, 0.29) is 24.0 Å². The fourth-order valence-electron chi connectivity index (χ4n) is 1.46. The summed E-state index contributed by atoms with van der Waals surface area (Å²) in [5.74, 6) is 0.136. The summed E-state index contributed by atoms with van der Waals surface area (Å²) in [6, 6.07) is 0.204. The summed E-state index contributed by atoms with van der Waals surface area (Å²) < 4.78 is 0. The monoisotopic (exact) mass is 171 g/mol. The van der Waals surface area contributed by atoms with Gasteiger partial charge in [-0.3, -0.25) is 4.79 Å². The first-order chi connectivity index (χ1) is 5.59. The van der Waals surface area contributed by atoms with Crippen molar-refractivity contribution < 1.29 is 9.90 Å². The number of hydrogen-bond donors (Lipinski definition) is 2. The van der Waals surface area contributed by atoms with Crippen LogP contribution in [0.5, 0.6) is 0 Å². The van der Waals surface area contributed by atoms with Crippen molar-refractivity contribution in [1.82, 2.24) is 5.32 Å². The first-order valence-electron chi connectivity index (χ1n) is 4.58. The Morgan fingerprint density at radius 2 is 2.17 bits per heavy atom. The average molecular weight is 171 g/mol. The Labute approximate surface area is 73.2 Å². The van der Waals surface area contributed by atoms with Gasteiger partial charge >= 0.3 is 0 Å². The van der Waals surface area contributed by atoms with E-state index < -0.39 is 0 Å². The van der Waals surface area contributed by atoms with Gasteiger partial charge in [-0.15, -0.1) is 0 Å². The molecule has 1 aliphatic rings. The lowest BCUT2D eigenvalue weighted by atomic mass is 10.1. The third kappa shape index (κ3) is 2.48. The molecule has 0 bridgehead atoms. The van der Waals surface area contributed by atoms with E-state index in [1.807, 2.05) is 13.8 Å². The van der Waals surface area contributed by atoms with Gasteiger partial charge in [-0.2, -0.15) is 0 Å². The standard InChI is InChI=1S/C9H17NO2/c1-6(2)9(12)10-7-3-4-8(11)5-7/h6-8,11H,3-5H2,1-2H3,(H,10,12)/t7-,8-/m1/s1. The van der Waals surface area contributed by atoms with Crippen LogP contribution < -0.4 is 5.32 Å². The second kappa shape index (κ2) is 3.90. The molecule has 0 aromatic rings. The Bertz CT molecular complexity index is 168. The highest BCUT2D eigenvalue weighted by atomic mass is 16.3. The molecule has 0 spiro atoms. The van der Waals surface area contributed by atoms with Crippen molar-refractivity contribution in [3.05, 3.63) is 0 Å². The second-order valence-electron chi connectivity index (χ2n) is 3.83. The van der Waals surface area contributed by atoms with Crippen LogP contribution in [0, 0.1) is 5.92 Å². The molecule has 3 heteroatoms. The predicted molar refractivity (Wildman–Crippen MR) is 46.6 cm³/mol. The molecular formula is C9H17NO2. The first kappa shape index (κ1) is 9.52. The maximum Gasteiger partial charge on any atom is 0.222 e. The minimum absolute atomic E-state index is 0.0442. The van der Waals surface area contributed by atoms with Crippen LogP contribution in [0.25, 0.3) is 0 Å². The highest BCUT2D eigenvalue weighted by Gasteiger charge is 2.24. The molecule has 12 heavy (non-hydrogen) atoms. The zero-order valence-electron chi connectivity index (χ0n) is 7.71. The van der Waals surface area contributed by atoms with Crippen molar-refractivity contribution in [2.75, 3.05) is 0 Å². The Hall–Kier alpha value is -0.570. The smallest absolute Gasteiger partial charge is 0.222 e. The molecule has 3 nitrogen and oxygen atoms in total. The molecular weight excluding hydrogens is 154 g/mol. The lowest BCUT2D eigenvalue weighted by Crippen LogP contribution is -2.36. The quantitative estimate of drug-likeness (QED) is 0.641. The van der Waals surface area contributed by atoms with Crippen LogP contribution in [0.2, 0.25) is 0 Å². The molecule has 1 fully saturated rings. The van der Waals surface area contributed by atoms with Crippen LogP contribution in [0.1, 0.15) is 33.1 Å². The van der Waals surface area contributed by atoms with Crippen molar-refractivity contribution in [3.63, 3.8) is 0 Å². The van der Waals surface area contributed by atoms with Gasteiger partial charge in [0.1, 0.15) is 0 Å². The minimum Gasteiger partial charge on any atom is -0.393 e. The molecule has 0 radical (unpaired) electrons. The first-order valence-corrected chi connectivity index (χ1v) is 4.58. The summed E-state index contributed by atoms with van der Waals surface area (Å²) in [6.45, 7) is 3.75. The van der Waals surface area contributed by atoms with Gasteiger partial charge in [0.05, 0.1) is 6.10 Å². The van der Waals surface area contributed by atoms with E-state index in [1.165, 1.54) is 0 Å². The number of aliphatic hydroxyl groups is 1. The number of carbonyl (C=O) groups is 1. The number of hydrogen-bond acceptors (Lipinski definition) is 2. The zero-order valence-corrected chi connectivity index (χ0v) is 7.71. The van der Waals surface area contributed by atoms with Crippen molar-refractivity contribution in [2.45, 2.75) is 45.3 Å². The van der Waals surface area contributed by atoms with Gasteiger partial charge in [0.15, 0.2) is 0 Å². The number of aliphatic hydroxyl groups excluding tert-OH is 1. The number of carbonyl (C=O) groups excluding carboxylic acids is 1. The van der Waals surface area contributed by atoms with Crippen molar-refractivity contribution in [2.24, 2.45) is 5.92 Å². The van der Waals surface area contributed by atoms with Gasteiger partial charge in [0, 0.05) is 12.0 Å². The molecule has 0 aliphatic heterocycles. The van der Waals surface area contributed by atoms with Crippen molar-refractivity contribution >= 4 is 5.91 Å². The van der Waals surface area contributed by atoms with E-state index >= 15 is 0 Å². The summed E-state index contributed by atoms with van der Waals surface area (Å²) in [5, 5.41) is 12.1. The molecule has 1 amide bonds. The SMILES string of the molecule is CC(C)C(=O)N[C@@H]1CC[C@@H](O)C1. The number of nitrogens with one attached hydrogen (secondary N) is 1. The largest absolute Gasteiger partial charge is 0.393 e. The topological polar surface area (TPSA) is 49.3 Å². The van der Waals surface area contributed by atoms with E-state index in [4.69, 9.17) is 0 Å². The zero-order chi connectivity index (χ0) is 9.14. The van der Waals surface area contributed by atoms with E-state index in [0.29, 0.717) is 0 Å². The molecule has 1 saturated carbocycles. The van der Waals surface area contributed by atoms with Gasteiger partial charge in [-0.25, -0.2) is 0 Å². The molecule has 2 N–H and O–H groups in total. The van der Waals surface area contributed by atoms with Crippen LogP contribution in [0.3, 0.4) is 0 Å². The van der Waals surface area contributed by atoms with Crippen LogP contribution in [-0.4, -0.2) is 23.2 Å². The fraction of sp³-hybridized carbons (Fsp3) is 0.889. The van der Waals surface area contributed by atoms with Crippen LogP contribution in [0.15, 0.2) is 0 Å². The minimum atomic E-state index is -0.206. The van der Waals surface area contributed by atoms with Gasteiger partial charge < -0.3 is 10.4 Å². The maximum absolute atomic E-state index is 11.2. The van der Waals surface area contributed by atoms with Gasteiger partial charge in [-0.05, 0) is 19.3 Å². The van der Waals surface area contributed by atoms with E-state index in [0.717, 1.165) is 19.3 Å². The van der Waals surface area contributed by atoms with Gasteiger partial charge in [0.2, 0.25) is 5.91 Å². The molecule has 0 heterocycles. The Kier molecular flexibility index (Phi) is 3.09. The second-order valence-corrected chi connectivity index (χ2v) is 3.83. The van der Waals surface area contributed by atoms with Crippen molar-refractivity contribution in [1.29, 1.82) is 0 Å². The molecule has 0 unspecified atom stereocenters. The van der Waals surface area contributed by atoms with Crippen LogP contribution in [0.4, 0.5) is 0 Å². The normalized spacial score (nSPS) is 29.3. The maximum atomic E-state index is 11.2. The third-order valence-corrected chi connectivity index (χ3v) is 2.28. The average Bonchev–Trinajstić information content (AvgIpc) is 2.35. The fourth-order valence-corrected chi connectivity index (χ4v) is 1.46. The summed E-state index contributed by atoms with van der Waals surface area (Å²) >= 11 is 0. The molecule has 2 atom stereocenters. The molecule has 1 rings (SSSR count). The van der Waals surface area contributed by atoms with E-state index in [2.05, 4.69) is 5.32 Å². The lowest BCUT2D eigenvalue weighted by molar-refractivity contribution is -0.124. The summed E-state index contributed by atoms with van der Waals surface area (Å²) in [5.41, 5.74) is 0. The molecule has 0 aromatic heterocycles. The van der Waals surface area contributed by atoms with Gasteiger partial charge in [0.25, 0.3) is 0 Å². The number of rotatable bonds is 2. The summed E-state index contributed by atoms with van der Waals surface area (Å²) in [4.78, 5) is 11.2. The lowest BCUT2D eigenvalue weighted by Gasteiger charge is -2.13. The highest BCUT2D eigenvalue weighted by Crippen LogP contribution is 2.18. The Balaban J connectivity index is 2.28. The predicted octanol–water partition coefficient (Wildman–Crippen LogP) is 0.672. The van der Waals surface area contributed by atoms with Gasteiger partial charge in [-0.1, -0.05) is 13.8 Å². The van der Waals surface area contributed by atoms with Crippen LogP contribution in [-0.2, 0) is 4.79 Å². The third-order valence-electron chi connectivity index (χ3n) is 2.28. The summed E-state index contributed by atoms with van der Waals surface area (Å²) in [6.07, 6.45) is 2.25. The number of amides is 1. The Morgan fingerprint density at radius 1 is 1.50 bits per heavy atom. The highest BCUT2D eigenvalue weighted by molar-refractivity contribution is 5.78. The van der Waals surface area contributed by atoms with E-state index in [9.17, 15) is 9.90 Å². The molecule has 1 aliphatic carbocycles. The van der Waals surface area contributed by atoms with Crippen LogP contribution >= 0.6 is 0 Å². The molecule has 0 aromatic carbocycles. The summed E-state index contributed by atoms with van der Waals surface area (Å²) in [7, 11) is 0. The molecule has 0 saturated heterocycles. The molecule has 70 valence electrons. The Morgan fingerprint density at radius 3 is 2.58 bits per heavy atom. The van der Waals surface area contributed by atoms with Crippen molar-refractivity contribution in [3.8, 4) is 0 Å². The van der Waals surface area contributed by atoms with E-state index in [1.54, 1.807) is 0 Å².